The van der Waals surface area contributed by atoms with Crippen LogP contribution in [0.1, 0.15) is 48.9 Å². The van der Waals surface area contributed by atoms with E-state index in [1.54, 1.807) is 0 Å². The lowest BCUT2D eigenvalue weighted by molar-refractivity contribution is 0.297. The van der Waals surface area contributed by atoms with Crippen molar-refractivity contribution in [3.8, 4) is 0 Å². The zero-order valence-corrected chi connectivity index (χ0v) is 12.8. The summed E-state index contributed by atoms with van der Waals surface area (Å²) >= 11 is 3.47. The minimum Gasteiger partial charge on any atom is -0.339 e. The average Bonchev–Trinajstić information content (AvgIpc) is 2.87. The molecule has 20 heavy (non-hydrogen) atoms. The zero-order valence-electron chi connectivity index (χ0n) is 11.3. The molecule has 2 N–H and O–H groups in total. The van der Waals surface area contributed by atoms with E-state index in [2.05, 4.69) is 38.2 Å². The zero-order chi connectivity index (χ0) is 13.9. The third-order valence-electron chi connectivity index (χ3n) is 3.80. The second kappa shape index (κ2) is 6.06. The molecule has 5 heteroatoms. The maximum atomic E-state index is 6.01. The van der Waals surface area contributed by atoms with Gasteiger partial charge in [-0.3, -0.25) is 0 Å². The Hall–Kier alpha value is -1.20. The molecule has 2 atom stereocenters. The Bertz CT molecular complexity index is 584. The van der Waals surface area contributed by atoms with Crippen LogP contribution in [-0.4, -0.2) is 16.2 Å². The lowest BCUT2D eigenvalue weighted by Crippen LogP contribution is -2.26. The number of rotatable bonds is 3. The molecule has 1 fully saturated rings. The summed E-state index contributed by atoms with van der Waals surface area (Å²) in [4.78, 5) is 4.54. The van der Waals surface area contributed by atoms with Gasteiger partial charge in [0, 0.05) is 22.9 Å². The molecule has 106 valence electrons. The fourth-order valence-corrected chi connectivity index (χ4v) is 3.23. The highest BCUT2D eigenvalue weighted by Crippen LogP contribution is 2.31. The van der Waals surface area contributed by atoms with E-state index < -0.39 is 0 Å². The van der Waals surface area contributed by atoms with Crippen LogP contribution in [0.3, 0.4) is 0 Å². The molecule has 0 bridgehead atoms. The van der Waals surface area contributed by atoms with Crippen LogP contribution >= 0.6 is 15.9 Å². The number of benzene rings is 1. The summed E-state index contributed by atoms with van der Waals surface area (Å²) in [7, 11) is 0. The molecule has 2 aromatic rings. The fourth-order valence-electron chi connectivity index (χ4n) is 2.79. The molecular weight excluding hydrogens is 318 g/mol. The van der Waals surface area contributed by atoms with E-state index in [1.165, 1.54) is 5.56 Å². The molecule has 0 aliphatic heterocycles. The molecule has 3 rings (SSSR count). The van der Waals surface area contributed by atoms with E-state index in [0.29, 0.717) is 12.3 Å². The van der Waals surface area contributed by atoms with Crippen LogP contribution in [-0.2, 0) is 6.42 Å². The molecule has 0 saturated heterocycles. The first-order valence-corrected chi connectivity index (χ1v) is 7.82. The van der Waals surface area contributed by atoms with Crippen LogP contribution in [0, 0.1) is 0 Å². The molecule has 4 nitrogen and oxygen atoms in total. The lowest BCUT2D eigenvalue weighted by Gasteiger charge is -2.23. The van der Waals surface area contributed by atoms with Crippen LogP contribution in [0.4, 0.5) is 0 Å². The third-order valence-corrected chi connectivity index (χ3v) is 4.29. The van der Waals surface area contributed by atoms with E-state index >= 15 is 0 Å². The number of nitrogens with two attached hydrogens (primary N) is 1. The third kappa shape index (κ3) is 3.27. The first kappa shape index (κ1) is 13.8. The number of hydrogen-bond donors (Lipinski definition) is 1. The van der Waals surface area contributed by atoms with Crippen molar-refractivity contribution >= 4 is 15.9 Å². The summed E-state index contributed by atoms with van der Waals surface area (Å²) < 4.78 is 6.49. The van der Waals surface area contributed by atoms with Crippen LogP contribution < -0.4 is 5.73 Å². The minimum absolute atomic E-state index is 0.272. The van der Waals surface area contributed by atoms with Gasteiger partial charge < -0.3 is 10.3 Å². The van der Waals surface area contributed by atoms with Crippen molar-refractivity contribution in [1.82, 2.24) is 10.1 Å². The van der Waals surface area contributed by atoms with Gasteiger partial charge in [0.2, 0.25) is 5.89 Å². The second-order valence-corrected chi connectivity index (χ2v) is 6.39. The van der Waals surface area contributed by atoms with Gasteiger partial charge in [0.15, 0.2) is 5.82 Å². The van der Waals surface area contributed by atoms with Gasteiger partial charge in [-0.1, -0.05) is 39.6 Å². The summed E-state index contributed by atoms with van der Waals surface area (Å²) in [6.45, 7) is 0. The van der Waals surface area contributed by atoms with Crippen LogP contribution in [0.25, 0.3) is 0 Å². The SMILES string of the molecule is NC1CCCC(c2nc(Cc3cccc(Br)c3)no2)C1. The normalized spacial score (nSPS) is 22.9. The number of aromatic nitrogens is 2. The summed E-state index contributed by atoms with van der Waals surface area (Å²) in [6.07, 6.45) is 5.01. The summed E-state index contributed by atoms with van der Waals surface area (Å²) in [5.41, 5.74) is 7.19. The van der Waals surface area contributed by atoms with E-state index in [4.69, 9.17) is 10.3 Å². The van der Waals surface area contributed by atoms with Gasteiger partial charge in [-0.25, -0.2) is 0 Å². The van der Waals surface area contributed by atoms with Crippen molar-refractivity contribution < 1.29 is 4.52 Å². The highest BCUT2D eigenvalue weighted by molar-refractivity contribution is 9.10. The Kier molecular flexibility index (Phi) is 4.17. The largest absolute Gasteiger partial charge is 0.339 e. The highest BCUT2D eigenvalue weighted by atomic mass is 79.9. The van der Waals surface area contributed by atoms with E-state index in [1.807, 2.05) is 12.1 Å². The molecular formula is C15H18BrN3O. The van der Waals surface area contributed by atoms with Gasteiger partial charge in [-0.2, -0.15) is 4.98 Å². The van der Waals surface area contributed by atoms with Gasteiger partial charge in [0.1, 0.15) is 0 Å². The molecule has 1 aliphatic carbocycles. The van der Waals surface area contributed by atoms with E-state index in [9.17, 15) is 0 Å². The monoisotopic (exact) mass is 335 g/mol. The summed E-state index contributed by atoms with van der Waals surface area (Å²) in [5, 5.41) is 4.10. The van der Waals surface area contributed by atoms with Gasteiger partial charge in [0.05, 0.1) is 0 Å². The van der Waals surface area contributed by atoms with E-state index in [-0.39, 0.29) is 6.04 Å². The smallest absolute Gasteiger partial charge is 0.229 e. The molecule has 1 aromatic heterocycles. The van der Waals surface area contributed by atoms with Crippen LogP contribution in [0.2, 0.25) is 0 Å². The first-order valence-electron chi connectivity index (χ1n) is 7.03. The maximum Gasteiger partial charge on any atom is 0.229 e. The van der Waals surface area contributed by atoms with Crippen molar-refractivity contribution in [3.63, 3.8) is 0 Å². The first-order chi connectivity index (χ1) is 9.70. The maximum absolute atomic E-state index is 6.01. The van der Waals surface area contributed by atoms with E-state index in [0.717, 1.165) is 41.9 Å². The topological polar surface area (TPSA) is 64.9 Å². The Labute approximate surface area is 126 Å². The predicted molar refractivity (Wildman–Crippen MR) is 80.4 cm³/mol. The Morgan fingerprint density at radius 1 is 1.35 bits per heavy atom. The van der Waals surface area contributed by atoms with Gasteiger partial charge in [0.25, 0.3) is 0 Å². The number of nitrogens with zero attached hydrogens (tertiary/aromatic N) is 2. The minimum atomic E-state index is 0.272. The number of hydrogen-bond acceptors (Lipinski definition) is 4. The fraction of sp³-hybridized carbons (Fsp3) is 0.467. The predicted octanol–water partition coefficient (Wildman–Crippen LogP) is 3.41. The standard InChI is InChI=1S/C15H18BrN3O/c16-12-5-1-3-10(7-12)8-14-18-15(20-19-14)11-4-2-6-13(17)9-11/h1,3,5,7,11,13H,2,4,6,8-9,17H2. The quantitative estimate of drug-likeness (QED) is 0.933. The molecule has 1 aromatic carbocycles. The molecule has 0 radical (unpaired) electrons. The van der Waals surface area contributed by atoms with Crippen molar-refractivity contribution in [1.29, 1.82) is 0 Å². The summed E-state index contributed by atoms with van der Waals surface area (Å²) in [6, 6.07) is 8.44. The average molecular weight is 336 g/mol. The Balaban J connectivity index is 1.70. The Morgan fingerprint density at radius 3 is 3.05 bits per heavy atom. The van der Waals surface area contributed by atoms with Gasteiger partial charge in [-0.05, 0) is 37.0 Å². The van der Waals surface area contributed by atoms with Crippen LogP contribution in [0.15, 0.2) is 33.3 Å². The second-order valence-electron chi connectivity index (χ2n) is 5.48. The summed E-state index contributed by atoms with van der Waals surface area (Å²) in [5.74, 6) is 1.84. The molecule has 0 spiro atoms. The molecule has 2 unspecified atom stereocenters. The van der Waals surface area contributed by atoms with Gasteiger partial charge in [-0.15, -0.1) is 0 Å². The van der Waals surface area contributed by atoms with Gasteiger partial charge >= 0.3 is 0 Å². The molecule has 1 saturated carbocycles. The van der Waals surface area contributed by atoms with Crippen LogP contribution in [0.5, 0.6) is 0 Å². The van der Waals surface area contributed by atoms with Crippen molar-refractivity contribution in [3.05, 3.63) is 46.0 Å². The lowest BCUT2D eigenvalue weighted by atomic mass is 9.86. The molecule has 1 heterocycles. The molecule has 0 amide bonds. The number of halogens is 1. The molecule has 1 aliphatic rings. The van der Waals surface area contributed by atoms with Crippen molar-refractivity contribution in [2.24, 2.45) is 5.73 Å². The van der Waals surface area contributed by atoms with Crippen molar-refractivity contribution in [2.45, 2.75) is 44.1 Å². The van der Waals surface area contributed by atoms with Crippen molar-refractivity contribution in [2.75, 3.05) is 0 Å². The highest BCUT2D eigenvalue weighted by Gasteiger charge is 2.25. The Morgan fingerprint density at radius 2 is 2.25 bits per heavy atom.